The van der Waals surface area contributed by atoms with Gasteiger partial charge in [0.1, 0.15) is 0 Å². The van der Waals surface area contributed by atoms with Crippen molar-refractivity contribution in [3.63, 3.8) is 0 Å². The molecule has 18 heavy (non-hydrogen) atoms. The number of hydrogen-bond donors (Lipinski definition) is 1. The van der Waals surface area contributed by atoms with Crippen LogP contribution in [-0.2, 0) is 14.3 Å². The number of piperidine rings is 1. The summed E-state index contributed by atoms with van der Waals surface area (Å²) in [5.41, 5.74) is 0. The van der Waals surface area contributed by atoms with E-state index >= 15 is 0 Å². The molecule has 0 aromatic carbocycles. The second-order valence-electron chi connectivity index (χ2n) is 4.62. The number of rotatable bonds is 6. The summed E-state index contributed by atoms with van der Waals surface area (Å²) in [5.74, 6) is -0.0871. The molecule has 1 unspecified atom stereocenters. The highest BCUT2D eigenvalue weighted by molar-refractivity contribution is 5.78. The molecular weight excluding hydrogens is 232 g/mol. The monoisotopic (exact) mass is 256 g/mol. The van der Waals surface area contributed by atoms with Gasteiger partial charge in [-0.1, -0.05) is 6.92 Å². The Bertz CT molecular complexity index is 281. The molecule has 1 aliphatic heterocycles. The maximum Gasteiger partial charge on any atom is 0.307 e. The molecule has 1 fully saturated rings. The zero-order chi connectivity index (χ0) is 13.4. The SMILES string of the molecule is CCNCCC(=O)N1CCCCC1CC(=O)OC. The van der Waals surface area contributed by atoms with E-state index < -0.39 is 0 Å². The van der Waals surface area contributed by atoms with Crippen LogP contribution in [0.4, 0.5) is 0 Å². The zero-order valence-electron chi connectivity index (χ0n) is 11.4. The van der Waals surface area contributed by atoms with Crippen LogP contribution in [0.25, 0.3) is 0 Å². The van der Waals surface area contributed by atoms with Gasteiger partial charge >= 0.3 is 5.97 Å². The molecule has 5 nitrogen and oxygen atoms in total. The fourth-order valence-corrected chi connectivity index (χ4v) is 2.33. The van der Waals surface area contributed by atoms with E-state index in [0.717, 1.165) is 32.4 Å². The number of methoxy groups -OCH3 is 1. The fraction of sp³-hybridized carbons (Fsp3) is 0.846. The van der Waals surface area contributed by atoms with E-state index in [1.54, 1.807) is 0 Å². The maximum absolute atomic E-state index is 12.1. The summed E-state index contributed by atoms with van der Waals surface area (Å²) in [6, 6.07) is 0.0281. The Morgan fingerprint density at radius 2 is 2.17 bits per heavy atom. The summed E-state index contributed by atoms with van der Waals surface area (Å²) < 4.78 is 4.69. The Labute approximate surface area is 109 Å². The molecule has 0 radical (unpaired) electrons. The smallest absolute Gasteiger partial charge is 0.307 e. The minimum atomic E-state index is -0.230. The lowest BCUT2D eigenvalue weighted by molar-refractivity contribution is -0.144. The molecule has 104 valence electrons. The summed E-state index contributed by atoms with van der Waals surface area (Å²) in [6.07, 6.45) is 3.85. The number of ether oxygens (including phenoxy) is 1. The molecule has 0 aliphatic carbocycles. The Kier molecular flexibility index (Phi) is 6.72. The minimum Gasteiger partial charge on any atom is -0.469 e. The molecule has 0 saturated carbocycles. The Hall–Kier alpha value is -1.10. The molecule has 1 N–H and O–H groups in total. The first-order chi connectivity index (χ1) is 8.69. The molecule has 1 atom stereocenters. The van der Waals surface area contributed by atoms with E-state index in [9.17, 15) is 9.59 Å². The first-order valence-electron chi connectivity index (χ1n) is 6.76. The van der Waals surface area contributed by atoms with E-state index in [0.29, 0.717) is 19.4 Å². The van der Waals surface area contributed by atoms with Gasteiger partial charge in [-0.15, -0.1) is 0 Å². The lowest BCUT2D eigenvalue weighted by atomic mass is 9.99. The van der Waals surface area contributed by atoms with Gasteiger partial charge in [0, 0.05) is 25.6 Å². The van der Waals surface area contributed by atoms with Gasteiger partial charge < -0.3 is 15.0 Å². The molecule has 0 bridgehead atoms. The second kappa shape index (κ2) is 8.08. The first-order valence-corrected chi connectivity index (χ1v) is 6.76. The van der Waals surface area contributed by atoms with Gasteiger partial charge in [-0.3, -0.25) is 9.59 Å². The van der Waals surface area contributed by atoms with Crippen molar-refractivity contribution in [2.24, 2.45) is 0 Å². The van der Waals surface area contributed by atoms with Gasteiger partial charge in [0.2, 0.25) is 5.91 Å². The fourth-order valence-electron chi connectivity index (χ4n) is 2.33. The van der Waals surface area contributed by atoms with Crippen molar-refractivity contribution in [3.8, 4) is 0 Å². The molecule has 1 heterocycles. The van der Waals surface area contributed by atoms with Crippen molar-refractivity contribution in [2.75, 3.05) is 26.7 Å². The Balaban J connectivity index is 2.47. The van der Waals surface area contributed by atoms with Gasteiger partial charge in [0.15, 0.2) is 0 Å². The van der Waals surface area contributed by atoms with E-state index in [1.165, 1.54) is 7.11 Å². The van der Waals surface area contributed by atoms with Gasteiger partial charge in [0.25, 0.3) is 0 Å². The second-order valence-corrected chi connectivity index (χ2v) is 4.62. The predicted molar refractivity (Wildman–Crippen MR) is 69.1 cm³/mol. The predicted octanol–water partition coefficient (Wildman–Crippen LogP) is 0.930. The first kappa shape index (κ1) is 15.0. The summed E-state index contributed by atoms with van der Waals surface area (Å²) in [5, 5.41) is 3.15. The van der Waals surface area contributed by atoms with Gasteiger partial charge in [0.05, 0.1) is 13.5 Å². The number of likely N-dealkylation sites (tertiary alicyclic amines) is 1. The molecule has 0 aromatic heterocycles. The molecule has 1 rings (SSSR count). The average Bonchev–Trinajstić information content (AvgIpc) is 2.39. The molecule has 1 aliphatic rings. The number of carbonyl (C=O) groups excluding carboxylic acids is 2. The van der Waals surface area contributed by atoms with Crippen LogP contribution in [0, 0.1) is 0 Å². The summed E-state index contributed by atoms with van der Waals surface area (Å²) in [6.45, 7) is 4.37. The van der Waals surface area contributed by atoms with Crippen LogP contribution < -0.4 is 5.32 Å². The van der Waals surface area contributed by atoms with E-state index in [2.05, 4.69) is 5.32 Å². The highest BCUT2D eigenvalue weighted by Gasteiger charge is 2.28. The lowest BCUT2D eigenvalue weighted by Crippen LogP contribution is -2.45. The van der Waals surface area contributed by atoms with Crippen LogP contribution in [-0.4, -0.2) is 49.6 Å². The lowest BCUT2D eigenvalue weighted by Gasteiger charge is -2.35. The Morgan fingerprint density at radius 3 is 2.83 bits per heavy atom. The van der Waals surface area contributed by atoms with Crippen LogP contribution in [0.1, 0.15) is 39.0 Å². The van der Waals surface area contributed by atoms with Crippen LogP contribution in [0.3, 0.4) is 0 Å². The van der Waals surface area contributed by atoms with Crippen molar-refractivity contribution < 1.29 is 14.3 Å². The highest BCUT2D eigenvalue weighted by atomic mass is 16.5. The van der Waals surface area contributed by atoms with Crippen molar-refractivity contribution >= 4 is 11.9 Å². The standard InChI is InChI=1S/C13H24N2O3/c1-3-14-8-7-12(16)15-9-5-4-6-11(15)10-13(17)18-2/h11,14H,3-10H2,1-2H3. The molecule has 1 saturated heterocycles. The number of esters is 1. The normalized spacial score (nSPS) is 19.7. The molecule has 0 aromatic rings. The van der Waals surface area contributed by atoms with Crippen molar-refractivity contribution in [2.45, 2.75) is 45.1 Å². The van der Waals surface area contributed by atoms with Crippen LogP contribution in [0.15, 0.2) is 0 Å². The van der Waals surface area contributed by atoms with Gasteiger partial charge in [-0.05, 0) is 25.8 Å². The minimum absolute atomic E-state index is 0.0281. The van der Waals surface area contributed by atoms with Gasteiger partial charge in [-0.25, -0.2) is 0 Å². The van der Waals surface area contributed by atoms with Crippen LogP contribution in [0.2, 0.25) is 0 Å². The largest absolute Gasteiger partial charge is 0.469 e. The Morgan fingerprint density at radius 1 is 1.39 bits per heavy atom. The molecule has 5 heteroatoms. The van der Waals surface area contributed by atoms with Crippen LogP contribution in [0.5, 0.6) is 0 Å². The van der Waals surface area contributed by atoms with Gasteiger partial charge in [-0.2, -0.15) is 0 Å². The third kappa shape index (κ3) is 4.64. The molecule has 0 spiro atoms. The average molecular weight is 256 g/mol. The number of carbonyl (C=O) groups is 2. The summed E-state index contributed by atoms with van der Waals surface area (Å²) >= 11 is 0. The number of nitrogens with zero attached hydrogens (tertiary/aromatic N) is 1. The van der Waals surface area contributed by atoms with E-state index in [1.807, 2.05) is 11.8 Å². The van der Waals surface area contributed by atoms with Crippen molar-refractivity contribution in [1.29, 1.82) is 0 Å². The van der Waals surface area contributed by atoms with Crippen molar-refractivity contribution in [3.05, 3.63) is 0 Å². The van der Waals surface area contributed by atoms with Crippen LogP contribution >= 0.6 is 0 Å². The third-order valence-electron chi connectivity index (χ3n) is 3.34. The molecular formula is C13H24N2O3. The zero-order valence-corrected chi connectivity index (χ0v) is 11.4. The highest BCUT2D eigenvalue weighted by Crippen LogP contribution is 2.20. The van der Waals surface area contributed by atoms with E-state index in [4.69, 9.17) is 4.74 Å². The summed E-state index contributed by atoms with van der Waals surface area (Å²) in [4.78, 5) is 25.3. The number of hydrogen-bond acceptors (Lipinski definition) is 4. The molecule has 1 amide bonds. The number of nitrogens with one attached hydrogen (secondary N) is 1. The third-order valence-corrected chi connectivity index (χ3v) is 3.34. The topological polar surface area (TPSA) is 58.6 Å². The van der Waals surface area contributed by atoms with Crippen molar-refractivity contribution in [1.82, 2.24) is 10.2 Å². The maximum atomic E-state index is 12.1. The summed E-state index contributed by atoms with van der Waals surface area (Å²) in [7, 11) is 1.39. The van der Waals surface area contributed by atoms with E-state index in [-0.39, 0.29) is 17.9 Å². The number of amides is 1. The quantitative estimate of drug-likeness (QED) is 0.567.